The number of amides is 1. The maximum atomic E-state index is 12.6. The fourth-order valence-electron chi connectivity index (χ4n) is 4.52. The van der Waals surface area contributed by atoms with Crippen LogP contribution < -0.4 is 10.6 Å². The van der Waals surface area contributed by atoms with E-state index in [1.54, 1.807) is 0 Å². The van der Waals surface area contributed by atoms with E-state index in [4.69, 9.17) is 0 Å². The minimum Gasteiger partial charge on any atom is -0.384 e. The lowest BCUT2D eigenvalue weighted by Crippen LogP contribution is -2.44. The minimum atomic E-state index is 0.0978. The van der Waals surface area contributed by atoms with E-state index in [0.717, 1.165) is 58.5 Å². The molecule has 2 heterocycles. The van der Waals surface area contributed by atoms with E-state index in [2.05, 4.69) is 66.6 Å². The highest BCUT2D eigenvalue weighted by molar-refractivity contribution is 5.78. The molecular formula is C22H36N4O. The fourth-order valence-corrected chi connectivity index (χ4v) is 4.52. The van der Waals surface area contributed by atoms with Gasteiger partial charge in [-0.25, -0.2) is 0 Å². The number of rotatable bonds is 7. The average Bonchev–Trinajstić information content (AvgIpc) is 3.09. The van der Waals surface area contributed by atoms with Crippen molar-refractivity contribution >= 4 is 11.6 Å². The van der Waals surface area contributed by atoms with Crippen LogP contribution in [0.4, 0.5) is 5.69 Å². The normalized spacial score (nSPS) is 18.4. The first-order valence-corrected chi connectivity index (χ1v) is 10.3. The van der Waals surface area contributed by atoms with Gasteiger partial charge in [-0.15, -0.1) is 0 Å². The molecule has 2 N–H and O–H groups in total. The standard InChI is InChI=1S/C22H36N4O/c1-22(2,16-25(3)4)15-24-21(27)18-9-12-26(13-10-18)14-19-7-5-6-17-8-11-23-20(17)19/h5-7,18,23H,8-16H2,1-4H3,(H,24,27). The molecule has 0 bridgehead atoms. The van der Waals surface area contributed by atoms with Crippen molar-refractivity contribution in [3.63, 3.8) is 0 Å². The van der Waals surface area contributed by atoms with E-state index in [1.165, 1.54) is 16.8 Å². The Balaban J connectivity index is 1.45. The summed E-state index contributed by atoms with van der Waals surface area (Å²) in [6.07, 6.45) is 3.06. The van der Waals surface area contributed by atoms with E-state index in [0.29, 0.717) is 0 Å². The maximum absolute atomic E-state index is 12.6. The van der Waals surface area contributed by atoms with Crippen LogP contribution in [-0.2, 0) is 17.8 Å². The number of para-hydroxylation sites is 1. The summed E-state index contributed by atoms with van der Waals surface area (Å²) < 4.78 is 0. The van der Waals surface area contributed by atoms with E-state index < -0.39 is 0 Å². The van der Waals surface area contributed by atoms with Crippen molar-refractivity contribution in [2.24, 2.45) is 11.3 Å². The molecule has 1 fully saturated rings. The van der Waals surface area contributed by atoms with Crippen molar-refractivity contribution in [2.45, 2.75) is 39.7 Å². The number of nitrogens with one attached hydrogen (secondary N) is 2. The summed E-state index contributed by atoms with van der Waals surface area (Å²) in [4.78, 5) is 17.3. The van der Waals surface area contributed by atoms with Crippen molar-refractivity contribution in [3.05, 3.63) is 29.3 Å². The second-order valence-electron chi connectivity index (χ2n) is 9.30. The second kappa shape index (κ2) is 8.61. The van der Waals surface area contributed by atoms with Gasteiger partial charge in [0.25, 0.3) is 0 Å². The van der Waals surface area contributed by atoms with Crippen LogP contribution in [0.2, 0.25) is 0 Å². The van der Waals surface area contributed by atoms with Crippen LogP contribution >= 0.6 is 0 Å². The van der Waals surface area contributed by atoms with Gasteiger partial charge in [0.1, 0.15) is 0 Å². The molecule has 0 saturated carbocycles. The van der Waals surface area contributed by atoms with E-state index in [1.807, 2.05) is 0 Å². The van der Waals surface area contributed by atoms with E-state index in [-0.39, 0.29) is 17.2 Å². The summed E-state index contributed by atoms with van der Waals surface area (Å²) in [5, 5.41) is 6.74. The summed E-state index contributed by atoms with van der Waals surface area (Å²) in [7, 11) is 4.16. The molecule has 0 radical (unpaired) electrons. The van der Waals surface area contributed by atoms with Crippen molar-refractivity contribution in [1.82, 2.24) is 15.1 Å². The third kappa shape index (κ3) is 5.45. The molecule has 0 aliphatic carbocycles. The van der Waals surface area contributed by atoms with Gasteiger partial charge in [0, 0.05) is 37.8 Å². The minimum absolute atomic E-state index is 0.0978. The summed E-state index contributed by atoms with van der Waals surface area (Å²) >= 11 is 0. The molecule has 1 aromatic rings. The zero-order chi connectivity index (χ0) is 19.4. The molecule has 0 unspecified atom stereocenters. The smallest absolute Gasteiger partial charge is 0.223 e. The predicted molar refractivity (Wildman–Crippen MR) is 112 cm³/mol. The topological polar surface area (TPSA) is 47.6 Å². The van der Waals surface area contributed by atoms with Gasteiger partial charge in [-0.1, -0.05) is 32.0 Å². The van der Waals surface area contributed by atoms with Crippen LogP contribution in [0.5, 0.6) is 0 Å². The molecule has 2 aliphatic rings. The number of piperidine rings is 1. The van der Waals surface area contributed by atoms with Crippen molar-refractivity contribution in [1.29, 1.82) is 0 Å². The first-order chi connectivity index (χ1) is 12.8. The molecule has 3 rings (SSSR count). The molecule has 1 aromatic carbocycles. The van der Waals surface area contributed by atoms with Gasteiger partial charge < -0.3 is 15.5 Å². The monoisotopic (exact) mass is 372 g/mol. The van der Waals surface area contributed by atoms with Crippen LogP contribution in [0.25, 0.3) is 0 Å². The molecular weight excluding hydrogens is 336 g/mol. The molecule has 0 spiro atoms. The van der Waals surface area contributed by atoms with Gasteiger partial charge in [-0.3, -0.25) is 9.69 Å². The molecule has 0 aromatic heterocycles. The first kappa shape index (κ1) is 20.2. The molecule has 150 valence electrons. The molecule has 0 atom stereocenters. The Morgan fingerprint density at radius 2 is 2.04 bits per heavy atom. The Morgan fingerprint density at radius 3 is 2.74 bits per heavy atom. The van der Waals surface area contributed by atoms with Gasteiger partial charge in [-0.05, 0) is 63.0 Å². The second-order valence-corrected chi connectivity index (χ2v) is 9.30. The van der Waals surface area contributed by atoms with Crippen LogP contribution in [0.15, 0.2) is 18.2 Å². The van der Waals surface area contributed by atoms with Gasteiger partial charge in [0.2, 0.25) is 5.91 Å². The lowest BCUT2D eigenvalue weighted by atomic mass is 9.91. The molecule has 1 saturated heterocycles. The molecule has 2 aliphatic heterocycles. The van der Waals surface area contributed by atoms with Crippen molar-refractivity contribution in [2.75, 3.05) is 52.1 Å². The zero-order valence-corrected chi connectivity index (χ0v) is 17.5. The number of fused-ring (bicyclic) bond motifs is 1. The average molecular weight is 373 g/mol. The Morgan fingerprint density at radius 1 is 1.30 bits per heavy atom. The molecule has 5 nitrogen and oxygen atoms in total. The number of carbonyl (C=O) groups excluding carboxylic acids is 1. The molecule has 27 heavy (non-hydrogen) atoms. The van der Waals surface area contributed by atoms with E-state index in [9.17, 15) is 4.79 Å². The summed E-state index contributed by atoms with van der Waals surface area (Å²) in [6, 6.07) is 6.65. The number of carbonyl (C=O) groups is 1. The Labute approximate surface area is 164 Å². The van der Waals surface area contributed by atoms with Gasteiger partial charge in [0.15, 0.2) is 0 Å². The largest absolute Gasteiger partial charge is 0.384 e. The Bertz CT molecular complexity index is 648. The maximum Gasteiger partial charge on any atom is 0.223 e. The highest BCUT2D eigenvalue weighted by Gasteiger charge is 2.27. The van der Waals surface area contributed by atoms with Gasteiger partial charge >= 0.3 is 0 Å². The number of benzene rings is 1. The lowest BCUT2D eigenvalue weighted by molar-refractivity contribution is -0.127. The third-order valence-corrected chi connectivity index (χ3v) is 5.77. The Hall–Kier alpha value is -1.59. The van der Waals surface area contributed by atoms with Crippen molar-refractivity contribution in [3.8, 4) is 0 Å². The zero-order valence-electron chi connectivity index (χ0n) is 17.5. The number of hydrogen-bond acceptors (Lipinski definition) is 4. The van der Waals surface area contributed by atoms with Crippen LogP contribution in [0.3, 0.4) is 0 Å². The van der Waals surface area contributed by atoms with Gasteiger partial charge in [0.05, 0.1) is 0 Å². The third-order valence-electron chi connectivity index (χ3n) is 5.77. The summed E-state index contributed by atoms with van der Waals surface area (Å²) in [5.74, 6) is 0.403. The van der Waals surface area contributed by atoms with E-state index >= 15 is 0 Å². The fraction of sp³-hybridized carbons (Fsp3) is 0.682. The van der Waals surface area contributed by atoms with Crippen LogP contribution in [0, 0.1) is 11.3 Å². The van der Waals surface area contributed by atoms with Crippen molar-refractivity contribution < 1.29 is 4.79 Å². The highest BCUT2D eigenvalue weighted by Crippen LogP contribution is 2.28. The quantitative estimate of drug-likeness (QED) is 0.772. The number of nitrogens with zero attached hydrogens (tertiary/aromatic N) is 2. The summed E-state index contributed by atoms with van der Waals surface area (Å²) in [5.41, 5.74) is 4.29. The SMILES string of the molecule is CN(C)CC(C)(C)CNC(=O)C1CCN(Cc2cccc3c2NCC3)CC1. The summed E-state index contributed by atoms with van der Waals surface area (Å²) in [6.45, 7) is 10.2. The number of hydrogen-bond donors (Lipinski definition) is 2. The van der Waals surface area contributed by atoms with Crippen LogP contribution in [0.1, 0.15) is 37.8 Å². The predicted octanol–water partition coefficient (Wildman–Crippen LogP) is 2.57. The lowest BCUT2D eigenvalue weighted by Gasteiger charge is -2.33. The Kier molecular flexibility index (Phi) is 6.43. The highest BCUT2D eigenvalue weighted by atomic mass is 16.1. The first-order valence-electron chi connectivity index (χ1n) is 10.3. The van der Waals surface area contributed by atoms with Gasteiger partial charge in [-0.2, -0.15) is 0 Å². The number of anilines is 1. The molecule has 5 heteroatoms. The molecule has 1 amide bonds. The van der Waals surface area contributed by atoms with Crippen LogP contribution in [-0.4, -0.2) is 62.5 Å². The number of likely N-dealkylation sites (tertiary alicyclic amines) is 1.